The van der Waals surface area contributed by atoms with Gasteiger partial charge in [0.2, 0.25) is 5.91 Å². The third kappa shape index (κ3) is 5.41. The van der Waals surface area contributed by atoms with Crippen LogP contribution in [0.3, 0.4) is 0 Å². The summed E-state index contributed by atoms with van der Waals surface area (Å²) >= 11 is 12.7. The van der Waals surface area contributed by atoms with Crippen LogP contribution in [-0.2, 0) is 14.4 Å². The van der Waals surface area contributed by atoms with Crippen molar-refractivity contribution in [3.05, 3.63) is 0 Å². The van der Waals surface area contributed by atoms with Gasteiger partial charge in [0.1, 0.15) is 5.54 Å². The van der Waals surface area contributed by atoms with Crippen molar-refractivity contribution < 1.29 is 14.4 Å². The van der Waals surface area contributed by atoms with Gasteiger partial charge in [-0.25, -0.2) is 0 Å². The van der Waals surface area contributed by atoms with Crippen LogP contribution in [0.2, 0.25) is 0 Å². The van der Waals surface area contributed by atoms with Crippen LogP contribution in [0.25, 0.3) is 0 Å². The van der Waals surface area contributed by atoms with Gasteiger partial charge in [-0.2, -0.15) is 37.9 Å². The van der Waals surface area contributed by atoms with E-state index in [1.54, 1.807) is 34.7 Å². The van der Waals surface area contributed by atoms with Gasteiger partial charge in [0.05, 0.1) is 11.0 Å². The number of nitrogens with one attached hydrogen (secondary N) is 2. The molecule has 2 N–H and O–H groups in total. The van der Waals surface area contributed by atoms with Crippen LogP contribution in [0, 0.1) is 5.41 Å². The standard InChI is InChI=1S/C16H30N2O3S3/c1-6-11(19)16(4,10-24)18-13(21)14(2,8-22)7-12(20)15(3,9-23)17-5/h17,22-24H,6-10H2,1-5H3,(H,18,21)/t14-,15-,16-/m1/s1. The zero-order chi connectivity index (χ0) is 19.2. The Balaban J connectivity index is 5.39. The Labute approximate surface area is 161 Å². The van der Waals surface area contributed by atoms with Gasteiger partial charge in [-0.1, -0.05) is 6.92 Å². The Morgan fingerprint density at radius 3 is 1.71 bits per heavy atom. The van der Waals surface area contributed by atoms with Gasteiger partial charge >= 0.3 is 0 Å². The van der Waals surface area contributed by atoms with Crippen LogP contribution in [0.15, 0.2) is 0 Å². The number of hydrogen-bond donors (Lipinski definition) is 5. The lowest BCUT2D eigenvalue weighted by atomic mass is 9.80. The molecule has 0 radical (unpaired) electrons. The molecule has 0 aromatic heterocycles. The molecule has 0 saturated heterocycles. The van der Waals surface area contributed by atoms with Crippen LogP contribution in [0.4, 0.5) is 0 Å². The molecule has 0 fully saturated rings. The van der Waals surface area contributed by atoms with Gasteiger partial charge in [0.25, 0.3) is 0 Å². The van der Waals surface area contributed by atoms with Gasteiger partial charge in [0, 0.05) is 30.1 Å². The summed E-state index contributed by atoms with van der Waals surface area (Å²) in [7, 11) is 1.68. The summed E-state index contributed by atoms with van der Waals surface area (Å²) in [5, 5.41) is 5.72. The largest absolute Gasteiger partial charge is 0.343 e. The first-order valence-electron chi connectivity index (χ1n) is 7.89. The zero-order valence-corrected chi connectivity index (χ0v) is 17.8. The quantitative estimate of drug-likeness (QED) is 0.345. The van der Waals surface area contributed by atoms with Crippen LogP contribution in [-0.4, -0.2) is 52.9 Å². The van der Waals surface area contributed by atoms with Crippen molar-refractivity contribution in [1.82, 2.24) is 10.6 Å². The first kappa shape index (κ1) is 23.8. The third-order valence-electron chi connectivity index (χ3n) is 4.57. The minimum atomic E-state index is -1.06. The van der Waals surface area contributed by atoms with Crippen molar-refractivity contribution in [3.63, 3.8) is 0 Å². The smallest absolute Gasteiger partial charge is 0.228 e. The highest BCUT2D eigenvalue weighted by atomic mass is 32.1. The molecule has 0 aromatic carbocycles. The second-order valence-electron chi connectivity index (χ2n) is 6.78. The lowest BCUT2D eigenvalue weighted by Gasteiger charge is -2.35. The summed E-state index contributed by atoms with van der Waals surface area (Å²) in [6, 6.07) is 0. The minimum Gasteiger partial charge on any atom is -0.343 e. The number of carbonyl (C=O) groups is 3. The van der Waals surface area contributed by atoms with Gasteiger partial charge < -0.3 is 10.6 Å². The Hall–Kier alpha value is -0.180. The summed E-state index contributed by atoms with van der Waals surface area (Å²) in [6.45, 7) is 6.81. The number of thiol groups is 3. The molecule has 8 heteroatoms. The van der Waals surface area contributed by atoms with E-state index >= 15 is 0 Å². The predicted octanol–water partition coefficient (Wildman–Crippen LogP) is 1.57. The highest BCUT2D eigenvalue weighted by Crippen LogP contribution is 2.28. The number of Topliss-reactive ketones (excluding diaryl/α,β-unsaturated/α-hetero) is 2. The normalized spacial score (nSPS) is 18.8. The summed E-state index contributed by atoms with van der Waals surface area (Å²) < 4.78 is 0. The minimum absolute atomic E-state index is 0.00317. The molecule has 0 unspecified atom stereocenters. The van der Waals surface area contributed by atoms with E-state index < -0.39 is 16.5 Å². The zero-order valence-electron chi connectivity index (χ0n) is 15.1. The lowest BCUT2D eigenvalue weighted by molar-refractivity contribution is -0.139. The monoisotopic (exact) mass is 394 g/mol. The SMILES string of the molecule is CCC(=O)[C@@](C)(CS)NC(=O)[C@@](C)(CS)CC(=O)[C@@](C)(CS)NC. The van der Waals surface area contributed by atoms with Crippen molar-refractivity contribution in [2.75, 3.05) is 24.3 Å². The molecule has 0 spiro atoms. The van der Waals surface area contributed by atoms with Crippen LogP contribution in [0.1, 0.15) is 40.5 Å². The maximum absolute atomic E-state index is 12.8. The molecule has 24 heavy (non-hydrogen) atoms. The van der Waals surface area contributed by atoms with Crippen LogP contribution < -0.4 is 10.6 Å². The summed E-state index contributed by atoms with van der Waals surface area (Å²) in [5.41, 5.74) is -2.91. The number of likely N-dealkylation sites (N-methyl/N-ethyl adjacent to an activating group) is 1. The molecule has 0 rings (SSSR count). The predicted molar refractivity (Wildman–Crippen MR) is 109 cm³/mol. The molecule has 0 aliphatic carbocycles. The van der Waals surface area contributed by atoms with E-state index in [4.69, 9.17) is 0 Å². The second-order valence-corrected chi connectivity index (χ2v) is 7.73. The van der Waals surface area contributed by atoms with Crippen molar-refractivity contribution in [2.45, 2.75) is 51.6 Å². The molecule has 0 aromatic rings. The second kappa shape index (κ2) is 9.50. The molecule has 0 aliphatic heterocycles. The first-order valence-corrected chi connectivity index (χ1v) is 9.79. The Morgan fingerprint density at radius 1 is 0.875 bits per heavy atom. The number of ketones is 2. The highest BCUT2D eigenvalue weighted by Gasteiger charge is 2.43. The number of carbonyl (C=O) groups excluding carboxylic acids is 3. The fraction of sp³-hybridized carbons (Fsp3) is 0.812. The molecule has 0 heterocycles. The Kier molecular flexibility index (Phi) is 9.43. The lowest BCUT2D eigenvalue weighted by Crippen LogP contribution is -2.59. The van der Waals surface area contributed by atoms with Gasteiger partial charge in [-0.15, -0.1) is 0 Å². The van der Waals surface area contributed by atoms with Gasteiger partial charge in [-0.05, 0) is 27.8 Å². The molecule has 0 bridgehead atoms. The van der Waals surface area contributed by atoms with E-state index in [1.807, 2.05) is 0 Å². The highest BCUT2D eigenvalue weighted by molar-refractivity contribution is 7.80. The average molecular weight is 395 g/mol. The summed E-state index contributed by atoms with van der Waals surface area (Å²) in [4.78, 5) is 37.5. The van der Waals surface area contributed by atoms with Crippen molar-refractivity contribution in [3.8, 4) is 0 Å². The third-order valence-corrected chi connectivity index (χ3v) is 6.54. The Morgan fingerprint density at radius 2 is 1.38 bits per heavy atom. The summed E-state index contributed by atoms with van der Waals surface area (Å²) in [5.74, 6) is 0.0826. The molecular weight excluding hydrogens is 364 g/mol. The maximum Gasteiger partial charge on any atom is 0.228 e. The van der Waals surface area contributed by atoms with Gasteiger partial charge in [0.15, 0.2) is 11.6 Å². The van der Waals surface area contributed by atoms with E-state index in [-0.39, 0.29) is 35.4 Å². The number of hydrogen-bond acceptors (Lipinski definition) is 7. The molecule has 0 aliphatic rings. The molecule has 3 atom stereocenters. The van der Waals surface area contributed by atoms with E-state index in [1.165, 1.54) is 0 Å². The van der Waals surface area contributed by atoms with E-state index in [0.717, 1.165) is 0 Å². The van der Waals surface area contributed by atoms with E-state index in [2.05, 4.69) is 48.5 Å². The van der Waals surface area contributed by atoms with Crippen molar-refractivity contribution in [2.24, 2.45) is 5.41 Å². The molecule has 0 saturated carbocycles. The van der Waals surface area contributed by atoms with E-state index in [0.29, 0.717) is 12.2 Å². The fourth-order valence-electron chi connectivity index (χ4n) is 2.05. The molecule has 5 nitrogen and oxygen atoms in total. The Bertz CT molecular complexity index is 483. The van der Waals surface area contributed by atoms with Crippen LogP contribution >= 0.6 is 37.9 Å². The summed E-state index contributed by atoms with van der Waals surface area (Å²) in [6.07, 6.45) is 0.300. The maximum atomic E-state index is 12.8. The van der Waals surface area contributed by atoms with E-state index in [9.17, 15) is 14.4 Å². The first-order chi connectivity index (χ1) is 11.0. The number of rotatable bonds is 11. The fourth-order valence-corrected chi connectivity index (χ4v) is 2.90. The molecule has 140 valence electrons. The van der Waals surface area contributed by atoms with Crippen molar-refractivity contribution in [1.29, 1.82) is 0 Å². The average Bonchev–Trinajstić information content (AvgIpc) is 2.59. The number of amides is 1. The topological polar surface area (TPSA) is 75.3 Å². The molecular formula is C16H30N2O3S3. The van der Waals surface area contributed by atoms with Crippen molar-refractivity contribution >= 4 is 55.4 Å². The van der Waals surface area contributed by atoms with Crippen LogP contribution in [0.5, 0.6) is 0 Å². The van der Waals surface area contributed by atoms with Gasteiger partial charge in [-0.3, -0.25) is 14.4 Å². The molecule has 1 amide bonds.